The minimum absolute atomic E-state index is 0.195. The van der Waals surface area contributed by atoms with E-state index in [1.165, 1.54) is 0 Å². The maximum absolute atomic E-state index is 13.8. The first-order chi connectivity index (χ1) is 9.85. The number of hydrogen-bond donors (Lipinski definition) is 2. The number of nitrogens with zero attached hydrogens (tertiary/aromatic N) is 1. The van der Waals surface area contributed by atoms with Crippen LogP contribution in [0.5, 0.6) is 0 Å². The van der Waals surface area contributed by atoms with Gasteiger partial charge in [0.1, 0.15) is 16.4 Å². The zero-order valence-corrected chi connectivity index (χ0v) is 12.6. The summed E-state index contributed by atoms with van der Waals surface area (Å²) in [7, 11) is -4.03. The zero-order valence-electron chi connectivity index (χ0n) is 11.8. The fraction of sp³-hybridized carbons (Fsp3) is 0.538. The quantitative estimate of drug-likeness (QED) is 0.799. The van der Waals surface area contributed by atoms with Crippen molar-refractivity contribution in [2.24, 2.45) is 5.92 Å². The summed E-state index contributed by atoms with van der Waals surface area (Å²) >= 11 is 0. The largest absolute Gasteiger partial charge is 0.394 e. The maximum Gasteiger partial charge on any atom is 0.243 e. The summed E-state index contributed by atoms with van der Waals surface area (Å²) < 4.78 is 53.4. The molecular weight excluding hydrogens is 300 g/mol. The zero-order chi connectivity index (χ0) is 15.6. The van der Waals surface area contributed by atoms with Crippen molar-refractivity contribution < 1.29 is 17.2 Å². The molecule has 1 unspecified atom stereocenters. The van der Waals surface area contributed by atoms with E-state index in [1.807, 2.05) is 6.92 Å². The third-order valence-electron chi connectivity index (χ3n) is 3.76. The van der Waals surface area contributed by atoms with Crippen molar-refractivity contribution in [3.8, 4) is 0 Å². The first kappa shape index (κ1) is 16.1. The maximum atomic E-state index is 13.8. The number of hydrogen-bond acceptors (Lipinski definition) is 4. The molecule has 0 aliphatic carbocycles. The van der Waals surface area contributed by atoms with Gasteiger partial charge in [-0.2, -0.15) is 0 Å². The van der Waals surface area contributed by atoms with Crippen molar-refractivity contribution in [2.75, 3.05) is 31.9 Å². The molecule has 1 aliphatic heterocycles. The average molecular weight is 319 g/mol. The molecule has 0 radical (unpaired) electrons. The first-order valence-electron chi connectivity index (χ1n) is 6.80. The van der Waals surface area contributed by atoms with Crippen LogP contribution in [0.3, 0.4) is 0 Å². The highest BCUT2D eigenvalue weighted by Crippen LogP contribution is 2.23. The molecule has 1 atom stereocenters. The van der Waals surface area contributed by atoms with E-state index in [9.17, 15) is 17.2 Å². The Labute approximate surface area is 123 Å². The minimum Gasteiger partial charge on any atom is -0.394 e. The Balaban J connectivity index is 2.08. The van der Waals surface area contributed by atoms with Gasteiger partial charge >= 0.3 is 0 Å². The number of benzene rings is 1. The van der Waals surface area contributed by atoms with Crippen LogP contribution in [-0.2, 0) is 10.0 Å². The summed E-state index contributed by atoms with van der Waals surface area (Å²) in [6.45, 7) is 4.94. The number of likely N-dealkylation sites (tertiary alicyclic amines) is 1. The van der Waals surface area contributed by atoms with E-state index < -0.39 is 32.2 Å². The van der Waals surface area contributed by atoms with Gasteiger partial charge in [0.2, 0.25) is 10.0 Å². The Hall–Kier alpha value is -1.25. The molecule has 0 spiro atoms. The normalized spacial score (nSPS) is 20.0. The van der Waals surface area contributed by atoms with Gasteiger partial charge in [-0.05, 0) is 37.6 Å². The van der Waals surface area contributed by atoms with E-state index in [0.29, 0.717) is 0 Å². The van der Waals surface area contributed by atoms with Crippen LogP contribution in [0.15, 0.2) is 17.0 Å². The molecule has 1 aromatic rings. The van der Waals surface area contributed by atoms with Gasteiger partial charge in [-0.15, -0.1) is 0 Å². The summed E-state index contributed by atoms with van der Waals surface area (Å²) in [5.41, 5.74) is 4.40. The highest BCUT2D eigenvalue weighted by molar-refractivity contribution is 7.89. The number of nitrogen functional groups attached to an aromatic ring is 1. The molecule has 0 saturated carbocycles. The third-order valence-corrected chi connectivity index (χ3v) is 5.20. The van der Waals surface area contributed by atoms with Gasteiger partial charge in [0.25, 0.3) is 0 Å². The summed E-state index contributed by atoms with van der Waals surface area (Å²) in [5.74, 6) is -2.02. The van der Waals surface area contributed by atoms with E-state index in [-0.39, 0.29) is 12.5 Å². The molecule has 0 aromatic heterocycles. The monoisotopic (exact) mass is 319 g/mol. The Morgan fingerprint density at radius 3 is 2.76 bits per heavy atom. The predicted octanol–water partition coefficient (Wildman–Crippen LogP) is 1.17. The van der Waals surface area contributed by atoms with Gasteiger partial charge in [-0.1, -0.05) is 6.92 Å². The molecule has 118 valence electrons. The molecule has 0 bridgehead atoms. The fourth-order valence-electron chi connectivity index (χ4n) is 2.43. The molecule has 2 rings (SSSR count). The molecule has 5 nitrogen and oxygen atoms in total. The molecule has 0 amide bonds. The average Bonchev–Trinajstić information content (AvgIpc) is 2.90. The molecule has 1 aliphatic rings. The van der Waals surface area contributed by atoms with Crippen molar-refractivity contribution in [1.82, 2.24) is 9.62 Å². The number of nitrogens with two attached hydrogens (primary N) is 1. The predicted molar refractivity (Wildman–Crippen MR) is 76.2 cm³/mol. The summed E-state index contributed by atoms with van der Waals surface area (Å²) in [6, 6.07) is 1.73. The lowest BCUT2D eigenvalue weighted by Crippen LogP contribution is -2.31. The topological polar surface area (TPSA) is 75.4 Å². The molecule has 21 heavy (non-hydrogen) atoms. The summed E-state index contributed by atoms with van der Waals surface area (Å²) in [5, 5.41) is 0. The molecule has 3 N–H and O–H groups in total. The Morgan fingerprint density at radius 2 is 2.14 bits per heavy atom. The van der Waals surface area contributed by atoms with Gasteiger partial charge in [0, 0.05) is 13.1 Å². The van der Waals surface area contributed by atoms with Gasteiger partial charge in [-0.25, -0.2) is 21.9 Å². The van der Waals surface area contributed by atoms with Crippen LogP contribution in [0, 0.1) is 17.6 Å². The molecule has 1 aromatic carbocycles. The second-order valence-corrected chi connectivity index (χ2v) is 6.91. The second-order valence-electron chi connectivity index (χ2n) is 5.17. The number of anilines is 1. The highest BCUT2D eigenvalue weighted by atomic mass is 32.2. The van der Waals surface area contributed by atoms with Crippen molar-refractivity contribution in [2.45, 2.75) is 18.2 Å². The van der Waals surface area contributed by atoms with E-state index >= 15 is 0 Å². The highest BCUT2D eigenvalue weighted by Gasteiger charge is 2.26. The Morgan fingerprint density at radius 1 is 1.43 bits per heavy atom. The number of nitrogens with one attached hydrogen (secondary N) is 1. The first-order valence-corrected chi connectivity index (χ1v) is 8.29. The lowest BCUT2D eigenvalue weighted by atomic mass is 10.1. The van der Waals surface area contributed by atoms with Gasteiger partial charge in [0.15, 0.2) is 5.82 Å². The van der Waals surface area contributed by atoms with Crippen molar-refractivity contribution >= 4 is 15.7 Å². The lowest BCUT2D eigenvalue weighted by molar-refractivity contribution is 0.342. The van der Waals surface area contributed by atoms with E-state index in [0.717, 1.165) is 38.2 Å². The van der Waals surface area contributed by atoms with E-state index in [4.69, 9.17) is 5.73 Å². The minimum atomic E-state index is -4.03. The number of halogens is 2. The van der Waals surface area contributed by atoms with Crippen LogP contribution in [0.25, 0.3) is 0 Å². The SMILES string of the molecule is CCN1CCC(CNS(=O)(=O)c2ccc(F)c(N)c2F)C1. The summed E-state index contributed by atoms with van der Waals surface area (Å²) in [4.78, 5) is 1.60. The number of rotatable bonds is 5. The number of sulfonamides is 1. The van der Waals surface area contributed by atoms with Gasteiger partial charge < -0.3 is 10.6 Å². The van der Waals surface area contributed by atoms with Crippen LogP contribution in [0.1, 0.15) is 13.3 Å². The third kappa shape index (κ3) is 3.50. The van der Waals surface area contributed by atoms with Gasteiger partial charge in [-0.3, -0.25) is 0 Å². The van der Waals surface area contributed by atoms with Crippen LogP contribution >= 0.6 is 0 Å². The smallest absolute Gasteiger partial charge is 0.243 e. The summed E-state index contributed by atoms with van der Waals surface area (Å²) in [6.07, 6.45) is 0.893. The molecule has 1 heterocycles. The van der Waals surface area contributed by atoms with Crippen molar-refractivity contribution in [3.63, 3.8) is 0 Å². The van der Waals surface area contributed by atoms with E-state index in [2.05, 4.69) is 9.62 Å². The van der Waals surface area contributed by atoms with Gasteiger partial charge in [0.05, 0.1) is 0 Å². The second kappa shape index (κ2) is 6.25. The molecule has 1 saturated heterocycles. The van der Waals surface area contributed by atoms with Crippen LogP contribution < -0.4 is 10.5 Å². The van der Waals surface area contributed by atoms with Crippen molar-refractivity contribution in [3.05, 3.63) is 23.8 Å². The van der Waals surface area contributed by atoms with E-state index in [1.54, 1.807) is 0 Å². The standard InChI is InChI=1S/C13H19F2N3O2S/c1-2-18-6-5-9(8-18)7-17-21(19,20)11-4-3-10(14)13(16)12(11)15/h3-4,9,17H,2,5-8,16H2,1H3. The molecular formula is C13H19F2N3O2S. The van der Waals surface area contributed by atoms with Crippen LogP contribution in [0.2, 0.25) is 0 Å². The Bertz CT molecular complexity index is 622. The molecule has 8 heteroatoms. The van der Waals surface area contributed by atoms with Crippen LogP contribution in [-0.4, -0.2) is 39.5 Å². The molecule has 1 fully saturated rings. The Kier molecular flexibility index (Phi) is 4.80. The van der Waals surface area contributed by atoms with Crippen molar-refractivity contribution in [1.29, 1.82) is 0 Å². The lowest BCUT2D eigenvalue weighted by Gasteiger charge is -2.14. The fourth-order valence-corrected chi connectivity index (χ4v) is 3.63. The van der Waals surface area contributed by atoms with Crippen LogP contribution in [0.4, 0.5) is 14.5 Å².